The summed E-state index contributed by atoms with van der Waals surface area (Å²) >= 11 is 5.55. The normalized spacial score (nSPS) is 22.0. The third-order valence-electron chi connectivity index (χ3n) is 3.99. The summed E-state index contributed by atoms with van der Waals surface area (Å²) < 4.78 is 39.0. The molecule has 1 amide bonds. The van der Waals surface area contributed by atoms with Crippen LogP contribution in [0, 0.1) is 5.92 Å². The SMILES string of the molecule is C[C@H]1CCC[C@H](NC(=O)Cn2cc(C(F)(F)F)cc(Cl)c2=O)C1. The fraction of sp³-hybridized carbons (Fsp3) is 0.600. The molecule has 1 aromatic heterocycles. The van der Waals surface area contributed by atoms with Crippen LogP contribution in [-0.2, 0) is 17.5 Å². The van der Waals surface area contributed by atoms with Crippen molar-refractivity contribution in [1.29, 1.82) is 0 Å². The lowest BCUT2D eigenvalue weighted by molar-refractivity contribution is -0.138. The van der Waals surface area contributed by atoms with Gasteiger partial charge in [0.2, 0.25) is 5.91 Å². The molecule has 2 rings (SSSR count). The second-order valence-corrected chi connectivity index (χ2v) is 6.45. The molecule has 0 aliphatic heterocycles. The number of amides is 1. The highest BCUT2D eigenvalue weighted by Gasteiger charge is 2.32. The Hall–Kier alpha value is -1.50. The number of hydrogen-bond acceptors (Lipinski definition) is 2. The van der Waals surface area contributed by atoms with Crippen molar-refractivity contribution in [2.24, 2.45) is 5.92 Å². The lowest BCUT2D eigenvalue weighted by Crippen LogP contribution is -2.41. The summed E-state index contributed by atoms with van der Waals surface area (Å²) in [5.41, 5.74) is -1.87. The molecule has 0 aromatic carbocycles. The Kier molecular flexibility index (Phi) is 5.39. The monoisotopic (exact) mass is 350 g/mol. The van der Waals surface area contributed by atoms with Gasteiger partial charge in [-0.3, -0.25) is 9.59 Å². The summed E-state index contributed by atoms with van der Waals surface area (Å²) in [7, 11) is 0. The highest BCUT2D eigenvalue weighted by molar-refractivity contribution is 6.30. The van der Waals surface area contributed by atoms with Gasteiger partial charge in [-0.25, -0.2) is 0 Å². The van der Waals surface area contributed by atoms with Crippen molar-refractivity contribution in [1.82, 2.24) is 9.88 Å². The summed E-state index contributed by atoms with van der Waals surface area (Å²) in [5, 5.41) is 2.22. The Morgan fingerprint density at radius 1 is 1.43 bits per heavy atom. The zero-order valence-electron chi connectivity index (χ0n) is 12.6. The zero-order chi connectivity index (χ0) is 17.2. The molecule has 1 saturated carbocycles. The molecular weight excluding hydrogens is 333 g/mol. The third kappa shape index (κ3) is 4.73. The summed E-state index contributed by atoms with van der Waals surface area (Å²) in [4.78, 5) is 23.8. The number of nitrogens with one attached hydrogen (secondary N) is 1. The van der Waals surface area contributed by atoms with Crippen molar-refractivity contribution in [3.63, 3.8) is 0 Å². The van der Waals surface area contributed by atoms with E-state index in [1.165, 1.54) is 0 Å². The van der Waals surface area contributed by atoms with Crippen molar-refractivity contribution in [3.05, 3.63) is 33.2 Å². The van der Waals surface area contributed by atoms with E-state index in [1.807, 2.05) is 0 Å². The number of carbonyl (C=O) groups is 1. The molecule has 0 unspecified atom stereocenters. The molecule has 1 aromatic rings. The van der Waals surface area contributed by atoms with Gasteiger partial charge in [0.1, 0.15) is 11.6 Å². The summed E-state index contributed by atoms with van der Waals surface area (Å²) in [6.07, 6.45) is -0.222. The lowest BCUT2D eigenvalue weighted by Gasteiger charge is -2.27. The van der Waals surface area contributed by atoms with E-state index in [9.17, 15) is 22.8 Å². The Labute approximate surface area is 136 Å². The molecule has 1 heterocycles. The first-order chi connectivity index (χ1) is 10.7. The maximum atomic E-state index is 12.8. The van der Waals surface area contributed by atoms with E-state index < -0.39 is 34.8 Å². The molecule has 1 fully saturated rings. The molecule has 0 radical (unpaired) electrons. The van der Waals surface area contributed by atoms with Crippen LogP contribution in [0.5, 0.6) is 0 Å². The van der Waals surface area contributed by atoms with Crippen molar-refractivity contribution >= 4 is 17.5 Å². The van der Waals surface area contributed by atoms with Gasteiger partial charge in [-0.1, -0.05) is 31.4 Å². The van der Waals surface area contributed by atoms with Gasteiger partial charge in [0.05, 0.1) is 5.56 Å². The molecule has 0 spiro atoms. The smallest absolute Gasteiger partial charge is 0.352 e. The first-order valence-corrected chi connectivity index (χ1v) is 7.81. The molecule has 0 saturated heterocycles. The van der Waals surface area contributed by atoms with E-state index in [1.54, 1.807) is 0 Å². The molecule has 1 aliphatic carbocycles. The summed E-state index contributed by atoms with van der Waals surface area (Å²) in [6.45, 7) is 1.61. The average molecular weight is 351 g/mol. The Morgan fingerprint density at radius 2 is 2.13 bits per heavy atom. The fourth-order valence-corrected chi connectivity index (χ4v) is 3.09. The van der Waals surface area contributed by atoms with Gasteiger partial charge >= 0.3 is 6.18 Å². The molecule has 8 heteroatoms. The number of aromatic nitrogens is 1. The van der Waals surface area contributed by atoms with Crippen molar-refractivity contribution < 1.29 is 18.0 Å². The summed E-state index contributed by atoms with van der Waals surface area (Å²) in [5.74, 6) is 0.0152. The lowest BCUT2D eigenvalue weighted by atomic mass is 9.87. The van der Waals surface area contributed by atoms with Crippen LogP contribution in [0.2, 0.25) is 5.02 Å². The molecule has 0 bridgehead atoms. The molecule has 2 atom stereocenters. The standard InChI is InChI=1S/C15H18ClF3N2O2/c1-9-3-2-4-11(5-9)20-13(22)8-21-7-10(15(17,18)19)6-12(16)14(21)23/h6-7,9,11H,2-5,8H2,1H3,(H,20,22)/t9-,11-/m0/s1. The van der Waals surface area contributed by atoms with Crippen LogP contribution in [0.15, 0.2) is 17.1 Å². The third-order valence-corrected chi connectivity index (χ3v) is 4.26. The van der Waals surface area contributed by atoms with E-state index in [0.717, 1.165) is 25.7 Å². The van der Waals surface area contributed by atoms with E-state index >= 15 is 0 Å². The number of pyridine rings is 1. The highest BCUT2D eigenvalue weighted by Crippen LogP contribution is 2.29. The van der Waals surface area contributed by atoms with Crippen molar-refractivity contribution in [2.45, 2.75) is 51.4 Å². The molecule has 1 N–H and O–H groups in total. The van der Waals surface area contributed by atoms with Gasteiger partial charge in [-0.05, 0) is 24.8 Å². The number of nitrogens with zero attached hydrogens (tertiary/aromatic N) is 1. The van der Waals surface area contributed by atoms with Crippen LogP contribution in [0.1, 0.15) is 38.2 Å². The zero-order valence-corrected chi connectivity index (χ0v) is 13.4. The van der Waals surface area contributed by atoms with Crippen LogP contribution in [0.4, 0.5) is 13.2 Å². The molecule has 1 aliphatic rings. The maximum Gasteiger partial charge on any atom is 0.417 e. The van der Waals surface area contributed by atoms with Gasteiger partial charge in [-0.2, -0.15) is 13.2 Å². The second kappa shape index (κ2) is 6.95. The predicted octanol–water partition coefficient (Wildman–Crippen LogP) is 3.22. The Morgan fingerprint density at radius 3 is 2.74 bits per heavy atom. The largest absolute Gasteiger partial charge is 0.417 e. The number of alkyl halides is 3. The maximum absolute atomic E-state index is 12.8. The average Bonchev–Trinajstić information content (AvgIpc) is 2.42. The highest BCUT2D eigenvalue weighted by atomic mass is 35.5. The van der Waals surface area contributed by atoms with Gasteiger partial charge in [-0.15, -0.1) is 0 Å². The second-order valence-electron chi connectivity index (χ2n) is 6.04. The number of carbonyl (C=O) groups excluding carboxylic acids is 1. The minimum absolute atomic E-state index is 0.00298. The fourth-order valence-electron chi connectivity index (χ4n) is 2.86. The quantitative estimate of drug-likeness (QED) is 0.910. The first-order valence-electron chi connectivity index (χ1n) is 7.43. The van der Waals surface area contributed by atoms with E-state index in [0.29, 0.717) is 22.7 Å². The molecule has 4 nitrogen and oxygen atoms in total. The van der Waals surface area contributed by atoms with Crippen molar-refractivity contribution in [3.8, 4) is 0 Å². The Balaban J connectivity index is 2.11. The van der Waals surface area contributed by atoms with Crippen LogP contribution < -0.4 is 10.9 Å². The van der Waals surface area contributed by atoms with Crippen LogP contribution in [0.25, 0.3) is 0 Å². The van der Waals surface area contributed by atoms with Crippen LogP contribution in [0.3, 0.4) is 0 Å². The minimum Gasteiger partial charge on any atom is -0.352 e. The first kappa shape index (κ1) is 17.8. The topological polar surface area (TPSA) is 51.1 Å². The van der Waals surface area contributed by atoms with Gasteiger partial charge in [0, 0.05) is 12.2 Å². The minimum atomic E-state index is -4.63. The summed E-state index contributed by atoms with van der Waals surface area (Å²) in [6, 6.07) is 0.574. The van der Waals surface area contributed by atoms with Crippen LogP contribution >= 0.6 is 11.6 Å². The number of rotatable bonds is 3. The van der Waals surface area contributed by atoms with E-state index in [2.05, 4.69) is 12.2 Å². The van der Waals surface area contributed by atoms with Crippen LogP contribution in [-0.4, -0.2) is 16.5 Å². The number of hydrogen-bond donors (Lipinski definition) is 1. The predicted molar refractivity (Wildman–Crippen MR) is 80.3 cm³/mol. The van der Waals surface area contributed by atoms with Gasteiger partial charge < -0.3 is 9.88 Å². The Bertz CT molecular complexity index is 643. The number of halogens is 4. The molecular formula is C15H18ClF3N2O2. The molecule has 23 heavy (non-hydrogen) atoms. The van der Waals surface area contributed by atoms with Gasteiger partial charge in [0.25, 0.3) is 5.56 Å². The van der Waals surface area contributed by atoms with E-state index in [4.69, 9.17) is 11.6 Å². The molecule has 128 valence electrons. The van der Waals surface area contributed by atoms with Crippen molar-refractivity contribution in [2.75, 3.05) is 0 Å². The van der Waals surface area contributed by atoms with E-state index in [-0.39, 0.29) is 6.04 Å². The van der Waals surface area contributed by atoms with Gasteiger partial charge in [0.15, 0.2) is 0 Å².